The number of carbonyl (C=O) groups is 2. The summed E-state index contributed by atoms with van der Waals surface area (Å²) in [4.78, 5) is 25.8. The van der Waals surface area contributed by atoms with E-state index in [0.29, 0.717) is 36.0 Å². The molecule has 0 aliphatic carbocycles. The molecule has 0 aliphatic rings. The van der Waals surface area contributed by atoms with Crippen molar-refractivity contribution in [3.63, 3.8) is 0 Å². The zero-order chi connectivity index (χ0) is 20.7. The highest BCUT2D eigenvalue weighted by Crippen LogP contribution is 2.30. The van der Waals surface area contributed by atoms with Gasteiger partial charge < -0.3 is 10.5 Å². The van der Waals surface area contributed by atoms with E-state index in [1.54, 1.807) is 36.4 Å². The van der Waals surface area contributed by atoms with Crippen molar-refractivity contribution in [2.45, 2.75) is 51.7 Å². The van der Waals surface area contributed by atoms with Crippen LogP contribution in [0.2, 0.25) is 0 Å². The molecule has 4 heteroatoms. The molecular formula is C24H29NO3. The molecule has 2 aromatic carbocycles. The molecule has 1 atom stereocenters. The molecule has 1 unspecified atom stereocenters. The zero-order valence-corrected chi connectivity index (χ0v) is 16.9. The topological polar surface area (TPSA) is 69.4 Å². The Labute approximate surface area is 167 Å². The van der Waals surface area contributed by atoms with Crippen LogP contribution in [0.3, 0.4) is 0 Å². The summed E-state index contributed by atoms with van der Waals surface area (Å²) in [6, 6.07) is 15.9. The van der Waals surface area contributed by atoms with Crippen LogP contribution < -0.4 is 5.73 Å². The smallest absolute Gasteiger partial charge is 0.338 e. The summed E-state index contributed by atoms with van der Waals surface area (Å²) in [5.41, 5.74) is 6.99. The van der Waals surface area contributed by atoms with Crippen LogP contribution in [-0.4, -0.2) is 23.4 Å². The van der Waals surface area contributed by atoms with Gasteiger partial charge in [0.05, 0.1) is 5.57 Å². The first-order chi connectivity index (χ1) is 13.3. The number of hydrogen-bond donors (Lipinski definition) is 1. The van der Waals surface area contributed by atoms with Gasteiger partial charge in [0.25, 0.3) is 0 Å². The van der Waals surface area contributed by atoms with E-state index >= 15 is 0 Å². The van der Waals surface area contributed by atoms with Crippen molar-refractivity contribution < 1.29 is 14.3 Å². The van der Waals surface area contributed by atoms with Crippen LogP contribution in [0.5, 0.6) is 0 Å². The SMILES string of the molecule is C=C(C(=O)OC(CC)(CC)CC(C)N)c1ccccc1C(=O)c1ccccc1. The number of ether oxygens (including phenoxy) is 1. The molecule has 0 saturated heterocycles. The lowest BCUT2D eigenvalue weighted by Crippen LogP contribution is -2.39. The van der Waals surface area contributed by atoms with Gasteiger partial charge in [-0.25, -0.2) is 4.79 Å². The molecule has 0 radical (unpaired) electrons. The van der Waals surface area contributed by atoms with Gasteiger partial charge in [-0.15, -0.1) is 0 Å². The van der Waals surface area contributed by atoms with Gasteiger partial charge in [0, 0.05) is 23.6 Å². The minimum atomic E-state index is -0.632. The summed E-state index contributed by atoms with van der Waals surface area (Å²) in [6.07, 6.45) is 1.90. The van der Waals surface area contributed by atoms with Gasteiger partial charge >= 0.3 is 5.97 Å². The Morgan fingerprint density at radius 3 is 2.07 bits per heavy atom. The van der Waals surface area contributed by atoms with Crippen LogP contribution in [0, 0.1) is 0 Å². The number of nitrogens with two attached hydrogens (primary N) is 1. The van der Waals surface area contributed by atoms with E-state index in [-0.39, 0.29) is 17.4 Å². The molecule has 148 valence electrons. The summed E-state index contributed by atoms with van der Waals surface area (Å²) in [7, 11) is 0. The van der Waals surface area contributed by atoms with Gasteiger partial charge in [0.1, 0.15) is 5.60 Å². The van der Waals surface area contributed by atoms with E-state index < -0.39 is 11.6 Å². The Balaban J connectivity index is 2.32. The van der Waals surface area contributed by atoms with Gasteiger partial charge in [0.15, 0.2) is 5.78 Å². The number of carbonyl (C=O) groups excluding carboxylic acids is 2. The first-order valence-corrected chi connectivity index (χ1v) is 9.70. The Morgan fingerprint density at radius 1 is 1.00 bits per heavy atom. The third-order valence-electron chi connectivity index (χ3n) is 5.07. The highest BCUT2D eigenvalue weighted by Gasteiger charge is 2.33. The average molecular weight is 380 g/mol. The molecule has 0 aromatic heterocycles. The van der Waals surface area contributed by atoms with Crippen molar-refractivity contribution in [1.29, 1.82) is 0 Å². The number of hydrogen-bond acceptors (Lipinski definition) is 4. The Morgan fingerprint density at radius 2 is 1.54 bits per heavy atom. The van der Waals surface area contributed by atoms with Gasteiger partial charge in [-0.3, -0.25) is 4.79 Å². The van der Waals surface area contributed by atoms with Crippen molar-refractivity contribution in [3.05, 3.63) is 77.9 Å². The van der Waals surface area contributed by atoms with Gasteiger partial charge in [-0.2, -0.15) is 0 Å². The second-order valence-electron chi connectivity index (χ2n) is 7.18. The number of ketones is 1. The third kappa shape index (κ3) is 4.96. The van der Waals surface area contributed by atoms with E-state index in [2.05, 4.69) is 6.58 Å². The molecule has 28 heavy (non-hydrogen) atoms. The predicted molar refractivity (Wildman–Crippen MR) is 113 cm³/mol. The second-order valence-corrected chi connectivity index (χ2v) is 7.18. The Bertz CT molecular complexity index is 836. The van der Waals surface area contributed by atoms with Crippen LogP contribution in [0.4, 0.5) is 0 Å². The quantitative estimate of drug-likeness (QED) is 0.387. The lowest BCUT2D eigenvalue weighted by molar-refractivity contribution is -0.154. The van der Waals surface area contributed by atoms with Gasteiger partial charge in [0.2, 0.25) is 0 Å². The molecule has 0 amide bonds. The summed E-state index contributed by atoms with van der Waals surface area (Å²) in [6.45, 7) is 9.80. The third-order valence-corrected chi connectivity index (χ3v) is 5.07. The van der Waals surface area contributed by atoms with Crippen LogP contribution in [0.25, 0.3) is 5.57 Å². The molecule has 0 saturated carbocycles. The van der Waals surface area contributed by atoms with Crippen LogP contribution in [0.15, 0.2) is 61.2 Å². The highest BCUT2D eigenvalue weighted by molar-refractivity contribution is 6.21. The summed E-state index contributed by atoms with van der Waals surface area (Å²) >= 11 is 0. The largest absolute Gasteiger partial charge is 0.455 e. The predicted octanol–water partition coefficient (Wildman–Crippen LogP) is 4.77. The molecule has 2 aromatic rings. The van der Waals surface area contributed by atoms with Crippen molar-refractivity contribution in [2.24, 2.45) is 5.73 Å². The Hall–Kier alpha value is -2.72. The van der Waals surface area contributed by atoms with Crippen molar-refractivity contribution in [1.82, 2.24) is 0 Å². The maximum Gasteiger partial charge on any atom is 0.338 e. The number of rotatable bonds is 9. The highest BCUT2D eigenvalue weighted by atomic mass is 16.6. The first kappa shape index (κ1) is 21.6. The van der Waals surface area contributed by atoms with Gasteiger partial charge in [-0.05, 0) is 25.3 Å². The number of benzene rings is 2. The number of esters is 1. The van der Waals surface area contributed by atoms with E-state index in [0.717, 1.165) is 0 Å². The first-order valence-electron chi connectivity index (χ1n) is 9.70. The normalized spacial score (nSPS) is 12.3. The fourth-order valence-corrected chi connectivity index (χ4v) is 3.37. The summed E-state index contributed by atoms with van der Waals surface area (Å²) in [5.74, 6) is -0.671. The molecule has 0 bridgehead atoms. The van der Waals surface area contributed by atoms with Gasteiger partial charge in [-0.1, -0.05) is 75.0 Å². The Kier molecular flexibility index (Phi) is 7.30. The minimum Gasteiger partial charge on any atom is -0.455 e. The standard InChI is InChI=1S/C24H29NO3/c1-5-24(6-2,16-17(3)25)28-23(27)18(4)20-14-10-11-15-21(20)22(26)19-12-8-7-9-13-19/h7-15,17H,4-6,16,25H2,1-3H3. The minimum absolute atomic E-state index is 0.0899. The summed E-state index contributed by atoms with van der Waals surface area (Å²) in [5, 5.41) is 0. The van der Waals surface area contributed by atoms with E-state index in [4.69, 9.17) is 10.5 Å². The summed E-state index contributed by atoms with van der Waals surface area (Å²) < 4.78 is 5.87. The molecule has 0 spiro atoms. The van der Waals surface area contributed by atoms with Crippen molar-refractivity contribution in [3.8, 4) is 0 Å². The molecule has 0 fully saturated rings. The fourth-order valence-electron chi connectivity index (χ4n) is 3.37. The molecule has 0 heterocycles. The van der Waals surface area contributed by atoms with E-state index in [9.17, 15) is 9.59 Å². The lowest BCUT2D eigenvalue weighted by Gasteiger charge is -2.33. The van der Waals surface area contributed by atoms with Crippen molar-refractivity contribution in [2.75, 3.05) is 0 Å². The lowest BCUT2D eigenvalue weighted by atomic mass is 9.89. The molecule has 0 aliphatic heterocycles. The van der Waals surface area contributed by atoms with E-state index in [1.165, 1.54) is 0 Å². The monoisotopic (exact) mass is 379 g/mol. The molecule has 2 rings (SSSR count). The zero-order valence-electron chi connectivity index (χ0n) is 16.9. The van der Waals surface area contributed by atoms with Crippen molar-refractivity contribution >= 4 is 17.3 Å². The maximum absolute atomic E-state index is 12.9. The fraction of sp³-hybridized carbons (Fsp3) is 0.333. The van der Waals surface area contributed by atoms with Crippen LogP contribution in [0.1, 0.15) is 61.5 Å². The average Bonchev–Trinajstić information content (AvgIpc) is 2.72. The van der Waals surface area contributed by atoms with Crippen LogP contribution >= 0.6 is 0 Å². The van der Waals surface area contributed by atoms with Crippen LogP contribution in [-0.2, 0) is 9.53 Å². The maximum atomic E-state index is 12.9. The second kappa shape index (κ2) is 9.47. The molecule has 4 nitrogen and oxygen atoms in total. The molecular weight excluding hydrogens is 350 g/mol. The molecule has 2 N–H and O–H groups in total. The van der Waals surface area contributed by atoms with E-state index in [1.807, 2.05) is 39.0 Å².